The summed E-state index contributed by atoms with van der Waals surface area (Å²) in [7, 11) is 0. The van der Waals surface area contributed by atoms with Crippen LogP contribution in [0.1, 0.15) is 32.1 Å². The molecule has 1 unspecified atom stereocenters. The number of carbonyl (C=O) groups is 1. The molecule has 0 heterocycles. The van der Waals surface area contributed by atoms with Crippen molar-refractivity contribution in [2.75, 3.05) is 0 Å². The van der Waals surface area contributed by atoms with Crippen LogP contribution in [-0.2, 0) is 4.79 Å². The average Bonchev–Trinajstić information content (AvgIpc) is 2.94. The van der Waals surface area contributed by atoms with Gasteiger partial charge in [-0.25, -0.2) is 8.78 Å². The van der Waals surface area contributed by atoms with Crippen LogP contribution in [0.5, 0.6) is 0 Å². The number of nitriles is 1. The number of halogens is 2. The van der Waals surface area contributed by atoms with E-state index in [1.807, 2.05) is 0 Å². The third kappa shape index (κ3) is 2.71. The molecule has 17 heavy (non-hydrogen) atoms. The number of rotatable bonds is 4. The normalized spacial score (nSPS) is 26.5. The summed E-state index contributed by atoms with van der Waals surface area (Å²) in [6.45, 7) is 0. The van der Waals surface area contributed by atoms with E-state index < -0.39 is 16.7 Å². The Balaban J connectivity index is 1.74. The maximum Gasteiger partial charge on any atom is 0.248 e. The third-order valence-corrected chi connectivity index (χ3v) is 4.10. The minimum absolute atomic E-state index is 0.105. The van der Waals surface area contributed by atoms with Gasteiger partial charge >= 0.3 is 0 Å². The van der Waals surface area contributed by atoms with Gasteiger partial charge in [0, 0.05) is 19.3 Å². The monoisotopic (exact) mass is 260 g/mol. The van der Waals surface area contributed by atoms with E-state index in [1.165, 1.54) is 0 Å². The molecule has 2 aliphatic carbocycles. The van der Waals surface area contributed by atoms with Gasteiger partial charge in [0.15, 0.2) is 0 Å². The van der Waals surface area contributed by atoms with Gasteiger partial charge < -0.3 is 5.32 Å². The van der Waals surface area contributed by atoms with Crippen LogP contribution >= 0.6 is 12.6 Å². The maximum atomic E-state index is 12.6. The standard InChI is InChI=1S/C11H14F2N2OS/c12-11(13)4-7(5-11)3-8(16)15-9(17)10(6-14)1-2-10/h7,9,17H,1-5H2,(H,15,16). The predicted molar refractivity (Wildman–Crippen MR) is 60.5 cm³/mol. The van der Waals surface area contributed by atoms with Crippen molar-refractivity contribution < 1.29 is 13.6 Å². The van der Waals surface area contributed by atoms with E-state index in [0.29, 0.717) is 0 Å². The number of alkyl halides is 2. The molecule has 0 aliphatic heterocycles. The lowest BCUT2D eigenvalue weighted by molar-refractivity contribution is -0.133. The molecule has 0 spiro atoms. The summed E-state index contributed by atoms with van der Waals surface area (Å²) in [6, 6.07) is 2.14. The van der Waals surface area contributed by atoms with E-state index >= 15 is 0 Å². The van der Waals surface area contributed by atoms with E-state index in [2.05, 4.69) is 24.0 Å². The molecule has 3 nitrogen and oxygen atoms in total. The first-order valence-corrected chi connectivity index (χ1v) is 6.15. The Morgan fingerprint density at radius 3 is 2.53 bits per heavy atom. The minimum Gasteiger partial charge on any atom is -0.343 e. The van der Waals surface area contributed by atoms with Crippen LogP contribution in [0.25, 0.3) is 0 Å². The molecular weight excluding hydrogens is 246 g/mol. The summed E-state index contributed by atoms with van der Waals surface area (Å²) in [5.74, 6) is -3.11. The zero-order chi connectivity index (χ0) is 12.7. The van der Waals surface area contributed by atoms with Gasteiger partial charge in [0.1, 0.15) is 0 Å². The van der Waals surface area contributed by atoms with Crippen molar-refractivity contribution in [3.8, 4) is 6.07 Å². The molecule has 0 radical (unpaired) electrons. The van der Waals surface area contributed by atoms with Gasteiger partial charge in [-0.1, -0.05) is 0 Å². The summed E-state index contributed by atoms with van der Waals surface area (Å²) in [5, 5.41) is 11.0. The van der Waals surface area contributed by atoms with E-state index in [9.17, 15) is 13.6 Å². The van der Waals surface area contributed by atoms with Gasteiger partial charge in [-0.2, -0.15) is 17.9 Å². The lowest BCUT2D eigenvalue weighted by atomic mass is 9.79. The first-order valence-electron chi connectivity index (χ1n) is 5.63. The molecular formula is C11H14F2N2OS. The first kappa shape index (κ1) is 12.6. The molecule has 1 atom stereocenters. The molecule has 0 aromatic rings. The minimum atomic E-state index is -2.59. The lowest BCUT2D eigenvalue weighted by Gasteiger charge is -2.34. The molecule has 0 saturated heterocycles. The predicted octanol–water partition coefficient (Wildman–Crippen LogP) is 2.10. The van der Waals surface area contributed by atoms with Crippen molar-refractivity contribution in [3.63, 3.8) is 0 Å². The largest absolute Gasteiger partial charge is 0.343 e. The Morgan fingerprint density at radius 2 is 2.12 bits per heavy atom. The molecule has 6 heteroatoms. The van der Waals surface area contributed by atoms with E-state index in [1.54, 1.807) is 0 Å². The summed E-state index contributed by atoms with van der Waals surface area (Å²) in [4.78, 5) is 11.5. The second-order valence-corrected chi connectivity index (χ2v) is 5.59. The van der Waals surface area contributed by atoms with E-state index in [-0.39, 0.29) is 31.1 Å². The van der Waals surface area contributed by atoms with Crippen molar-refractivity contribution >= 4 is 18.5 Å². The van der Waals surface area contributed by atoms with Gasteiger partial charge in [0.25, 0.3) is 0 Å². The topological polar surface area (TPSA) is 52.9 Å². The highest BCUT2D eigenvalue weighted by atomic mass is 32.1. The fraction of sp³-hybridized carbons (Fsp3) is 0.818. The highest BCUT2D eigenvalue weighted by Crippen LogP contribution is 2.49. The molecule has 94 valence electrons. The fourth-order valence-electron chi connectivity index (χ4n) is 2.12. The van der Waals surface area contributed by atoms with E-state index in [4.69, 9.17) is 5.26 Å². The third-order valence-electron chi connectivity index (χ3n) is 3.48. The summed E-state index contributed by atoms with van der Waals surface area (Å²) in [6.07, 6.45) is 1.16. The van der Waals surface area contributed by atoms with Crippen LogP contribution in [0.15, 0.2) is 0 Å². The van der Waals surface area contributed by atoms with Crippen molar-refractivity contribution in [2.24, 2.45) is 11.3 Å². The summed E-state index contributed by atoms with van der Waals surface area (Å²) >= 11 is 4.19. The van der Waals surface area contributed by atoms with Crippen LogP contribution in [0.3, 0.4) is 0 Å². The van der Waals surface area contributed by atoms with Crippen LogP contribution in [0, 0.1) is 22.7 Å². The van der Waals surface area contributed by atoms with Crippen LogP contribution in [0.2, 0.25) is 0 Å². The zero-order valence-corrected chi connectivity index (χ0v) is 10.1. The second kappa shape index (κ2) is 4.13. The van der Waals surface area contributed by atoms with Gasteiger partial charge in [-0.15, -0.1) is 0 Å². The molecule has 1 N–H and O–H groups in total. The number of nitrogens with one attached hydrogen (secondary N) is 1. The number of amides is 1. The Hall–Kier alpha value is -0.830. The van der Waals surface area contributed by atoms with Crippen molar-refractivity contribution in [1.29, 1.82) is 5.26 Å². The first-order chi connectivity index (χ1) is 7.87. The Morgan fingerprint density at radius 1 is 1.53 bits per heavy atom. The van der Waals surface area contributed by atoms with Crippen LogP contribution < -0.4 is 5.32 Å². The molecule has 1 amide bonds. The Bertz CT molecular complexity index is 368. The van der Waals surface area contributed by atoms with Gasteiger partial charge in [-0.05, 0) is 18.8 Å². The number of hydrogen-bond acceptors (Lipinski definition) is 3. The fourth-order valence-corrected chi connectivity index (χ4v) is 2.58. The van der Waals surface area contributed by atoms with Crippen molar-refractivity contribution in [1.82, 2.24) is 5.32 Å². The highest BCUT2D eigenvalue weighted by Gasteiger charge is 2.50. The zero-order valence-electron chi connectivity index (χ0n) is 9.25. The summed E-state index contributed by atoms with van der Waals surface area (Å²) < 4.78 is 25.1. The Kier molecular flexibility index (Phi) is 3.06. The van der Waals surface area contributed by atoms with Gasteiger partial charge in [0.05, 0.1) is 16.9 Å². The van der Waals surface area contributed by atoms with Crippen molar-refractivity contribution in [3.05, 3.63) is 0 Å². The molecule has 2 rings (SSSR count). The van der Waals surface area contributed by atoms with Crippen LogP contribution in [-0.4, -0.2) is 17.2 Å². The smallest absolute Gasteiger partial charge is 0.248 e. The maximum absolute atomic E-state index is 12.6. The number of thiol groups is 1. The number of nitrogens with zero attached hydrogens (tertiary/aromatic N) is 1. The Labute approximate surface area is 104 Å². The van der Waals surface area contributed by atoms with Crippen LogP contribution in [0.4, 0.5) is 8.78 Å². The molecule has 2 saturated carbocycles. The number of hydrogen-bond donors (Lipinski definition) is 2. The quantitative estimate of drug-likeness (QED) is 0.601. The van der Waals surface area contributed by atoms with Gasteiger partial charge in [0.2, 0.25) is 11.8 Å². The van der Waals surface area contributed by atoms with Gasteiger partial charge in [-0.3, -0.25) is 4.79 Å². The molecule has 0 aromatic heterocycles. The second-order valence-electron chi connectivity index (χ2n) is 5.07. The summed E-state index contributed by atoms with van der Waals surface area (Å²) in [5.41, 5.74) is -0.539. The molecule has 0 bridgehead atoms. The molecule has 2 aliphatic rings. The number of carbonyl (C=O) groups excluding carboxylic acids is 1. The average molecular weight is 260 g/mol. The van der Waals surface area contributed by atoms with Crippen molar-refractivity contribution in [2.45, 2.75) is 43.4 Å². The molecule has 2 fully saturated rings. The highest BCUT2D eigenvalue weighted by molar-refractivity contribution is 7.81. The SMILES string of the molecule is N#CC1(C(S)NC(=O)CC2CC(F)(F)C2)CC1. The molecule has 0 aromatic carbocycles. The lowest BCUT2D eigenvalue weighted by Crippen LogP contribution is -2.42. The van der Waals surface area contributed by atoms with E-state index in [0.717, 1.165) is 12.8 Å².